The fourth-order valence-corrected chi connectivity index (χ4v) is 2.52. The van der Waals surface area contributed by atoms with Crippen molar-refractivity contribution in [3.8, 4) is 0 Å². The Morgan fingerprint density at radius 2 is 1.69 bits per heavy atom. The van der Waals surface area contributed by atoms with Gasteiger partial charge in [0.15, 0.2) is 0 Å². The zero-order chi connectivity index (χ0) is 9.42. The van der Waals surface area contributed by atoms with Crippen LogP contribution in [0.3, 0.4) is 0 Å². The third-order valence-electron chi connectivity index (χ3n) is 3.13. The molecule has 13 heavy (non-hydrogen) atoms. The molecule has 0 bridgehead atoms. The number of hydrogen-bond donors (Lipinski definition) is 1. The molecule has 2 fully saturated rings. The van der Waals surface area contributed by atoms with Crippen molar-refractivity contribution in [2.75, 3.05) is 13.1 Å². The topological polar surface area (TPSA) is 38.5 Å². The Hall–Kier alpha value is -0.120. The third kappa shape index (κ3) is 2.03. The van der Waals surface area contributed by atoms with Crippen LogP contribution in [0.25, 0.3) is 0 Å². The second-order valence-electron chi connectivity index (χ2n) is 4.60. The lowest BCUT2D eigenvalue weighted by Crippen LogP contribution is -2.61. The van der Waals surface area contributed by atoms with Crippen molar-refractivity contribution < 1.29 is 4.74 Å². The number of nitrogens with zero attached hydrogens (tertiary/aromatic N) is 1. The van der Waals surface area contributed by atoms with Crippen molar-refractivity contribution in [3.63, 3.8) is 0 Å². The first-order valence-electron chi connectivity index (χ1n) is 5.30. The van der Waals surface area contributed by atoms with Crippen LogP contribution in [0, 0.1) is 0 Å². The molecule has 2 N–H and O–H groups in total. The Morgan fingerprint density at radius 1 is 1.15 bits per heavy atom. The number of nitrogens with two attached hydrogens (primary N) is 1. The lowest BCUT2D eigenvalue weighted by Gasteiger charge is -2.46. The molecule has 2 heterocycles. The highest BCUT2D eigenvalue weighted by atomic mass is 16.5. The zero-order valence-corrected chi connectivity index (χ0v) is 8.57. The Labute approximate surface area is 80.2 Å². The first-order chi connectivity index (χ1) is 6.15. The number of hydrogen-bond acceptors (Lipinski definition) is 3. The van der Waals surface area contributed by atoms with Crippen LogP contribution in [0.2, 0.25) is 0 Å². The van der Waals surface area contributed by atoms with Gasteiger partial charge in [-0.1, -0.05) is 0 Å². The normalized spacial score (nSPS) is 43.2. The van der Waals surface area contributed by atoms with Crippen LogP contribution < -0.4 is 5.73 Å². The maximum Gasteiger partial charge on any atom is 0.0565 e. The summed E-state index contributed by atoms with van der Waals surface area (Å²) in [4.78, 5) is 2.50. The van der Waals surface area contributed by atoms with E-state index < -0.39 is 0 Å². The molecule has 76 valence electrons. The molecule has 2 atom stereocenters. The lowest BCUT2D eigenvalue weighted by atomic mass is 9.94. The predicted molar refractivity (Wildman–Crippen MR) is 52.6 cm³/mol. The summed E-state index contributed by atoms with van der Waals surface area (Å²) < 4.78 is 5.70. The average molecular weight is 184 g/mol. The fourth-order valence-electron chi connectivity index (χ4n) is 2.52. The molecule has 0 aromatic rings. The van der Waals surface area contributed by atoms with Crippen molar-refractivity contribution in [2.24, 2.45) is 5.73 Å². The monoisotopic (exact) mass is 184 g/mol. The molecular formula is C10H20N2O. The molecule has 3 heteroatoms. The zero-order valence-electron chi connectivity index (χ0n) is 8.57. The molecule has 3 nitrogen and oxygen atoms in total. The molecule has 0 radical (unpaired) electrons. The quantitative estimate of drug-likeness (QED) is 0.648. The highest BCUT2D eigenvalue weighted by Crippen LogP contribution is 2.26. The van der Waals surface area contributed by atoms with Crippen molar-refractivity contribution in [1.82, 2.24) is 4.90 Å². The van der Waals surface area contributed by atoms with Gasteiger partial charge in [0.05, 0.1) is 12.2 Å². The molecule has 2 saturated heterocycles. The molecule has 2 aliphatic rings. The van der Waals surface area contributed by atoms with Gasteiger partial charge < -0.3 is 10.5 Å². The number of ether oxygens (including phenoxy) is 1. The van der Waals surface area contributed by atoms with Gasteiger partial charge in [0, 0.05) is 25.2 Å². The lowest BCUT2D eigenvalue weighted by molar-refractivity contribution is -0.0780. The van der Waals surface area contributed by atoms with E-state index >= 15 is 0 Å². The SMILES string of the molecule is CC1CC(N2CC(N)C2)CC(C)O1. The van der Waals surface area contributed by atoms with Gasteiger partial charge in [0.25, 0.3) is 0 Å². The van der Waals surface area contributed by atoms with Crippen molar-refractivity contribution in [3.05, 3.63) is 0 Å². The van der Waals surface area contributed by atoms with Crippen LogP contribution in [-0.4, -0.2) is 42.3 Å². The number of rotatable bonds is 1. The van der Waals surface area contributed by atoms with Crippen LogP contribution in [0.4, 0.5) is 0 Å². The van der Waals surface area contributed by atoms with Crippen molar-refractivity contribution >= 4 is 0 Å². The van der Waals surface area contributed by atoms with E-state index in [0.29, 0.717) is 18.2 Å². The van der Waals surface area contributed by atoms with E-state index in [1.165, 1.54) is 12.8 Å². The van der Waals surface area contributed by atoms with Gasteiger partial charge in [-0.25, -0.2) is 0 Å². The minimum atomic E-state index is 0.422. The van der Waals surface area contributed by atoms with Gasteiger partial charge in [-0.2, -0.15) is 0 Å². The maximum atomic E-state index is 5.77. The van der Waals surface area contributed by atoms with Crippen LogP contribution >= 0.6 is 0 Å². The molecule has 2 unspecified atom stereocenters. The average Bonchev–Trinajstić information content (AvgIpc) is 1.96. The highest BCUT2D eigenvalue weighted by Gasteiger charge is 2.34. The van der Waals surface area contributed by atoms with E-state index in [2.05, 4.69) is 18.7 Å². The minimum Gasteiger partial charge on any atom is -0.375 e. The molecule has 0 spiro atoms. The fraction of sp³-hybridized carbons (Fsp3) is 1.00. The van der Waals surface area contributed by atoms with Crippen LogP contribution in [0.1, 0.15) is 26.7 Å². The Morgan fingerprint density at radius 3 is 2.15 bits per heavy atom. The standard InChI is InChI=1S/C10H20N2O/c1-7-3-10(4-8(2)13-7)12-5-9(11)6-12/h7-10H,3-6,11H2,1-2H3. The summed E-state index contributed by atoms with van der Waals surface area (Å²) >= 11 is 0. The van der Waals surface area contributed by atoms with E-state index in [1.54, 1.807) is 0 Å². The summed E-state index contributed by atoms with van der Waals surface area (Å²) in [6, 6.07) is 1.15. The van der Waals surface area contributed by atoms with Crippen LogP contribution in [-0.2, 0) is 4.74 Å². The van der Waals surface area contributed by atoms with Crippen molar-refractivity contribution in [1.29, 1.82) is 0 Å². The van der Waals surface area contributed by atoms with Gasteiger partial charge in [0.1, 0.15) is 0 Å². The van der Waals surface area contributed by atoms with E-state index in [0.717, 1.165) is 19.1 Å². The van der Waals surface area contributed by atoms with E-state index in [9.17, 15) is 0 Å². The van der Waals surface area contributed by atoms with Gasteiger partial charge in [-0.3, -0.25) is 4.90 Å². The molecular weight excluding hydrogens is 164 g/mol. The molecule has 2 aliphatic heterocycles. The second kappa shape index (κ2) is 3.56. The van der Waals surface area contributed by atoms with Crippen LogP contribution in [0.15, 0.2) is 0 Å². The summed E-state index contributed by atoms with van der Waals surface area (Å²) in [5.41, 5.74) is 5.77. The Bertz CT molecular complexity index is 170. The van der Waals surface area contributed by atoms with Gasteiger partial charge in [0.2, 0.25) is 0 Å². The molecule has 0 saturated carbocycles. The van der Waals surface area contributed by atoms with E-state index in [1.807, 2.05) is 0 Å². The summed E-state index contributed by atoms with van der Waals surface area (Å²) in [5.74, 6) is 0. The van der Waals surface area contributed by atoms with Gasteiger partial charge in [-0.15, -0.1) is 0 Å². The highest BCUT2D eigenvalue weighted by molar-refractivity contribution is 4.91. The molecule has 0 aliphatic carbocycles. The molecule has 0 aromatic carbocycles. The molecule has 2 rings (SSSR count). The van der Waals surface area contributed by atoms with Crippen LogP contribution in [0.5, 0.6) is 0 Å². The number of likely N-dealkylation sites (tertiary alicyclic amines) is 1. The first-order valence-corrected chi connectivity index (χ1v) is 5.30. The Balaban J connectivity index is 1.85. The second-order valence-corrected chi connectivity index (χ2v) is 4.60. The summed E-state index contributed by atoms with van der Waals surface area (Å²) in [6.07, 6.45) is 3.20. The van der Waals surface area contributed by atoms with Crippen molar-refractivity contribution in [2.45, 2.75) is 51.0 Å². The summed E-state index contributed by atoms with van der Waals surface area (Å²) in [5, 5.41) is 0. The van der Waals surface area contributed by atoms with E-state index in [-0.39, 0.29) is 0 Å². The summed E-state index contributed by atoms with van der Waals surface area (Å²) in [7, 11) is 0. The van der Waals surface area contributed by atoms with E-state index in [4.69, 9.17) is 10.5 Å². The Kier molecular flexibility index (Phi) is 2.58. The third-order valence-corrected chi connectivity index (χ3v) is 3.13. The largest absolute Gasteiger partial charge is 0.375 e. The molecule has 0 aromatic heterocycles. The van der Waals surface area contributed by atoms with Gasteiger partial charge in [-0.05, 0) is 26.7 Å². The maximum absolute atomic E-state index is 5.77. The first kappa shape index (κ1) is 9.44. The van der Waals surface area contributed by atoms with Gasteiger partial charge >= 0.3 is 0 Å². The minimum absolute atomic E-state index is 0.422. The predicted octanol–water partition coefficient (Wildman–Crippen LogP) is 0.585. The summed E-state index contributed by atoms with van der Waals surface area (Å²) in [6.45, 7) is 6.51. The smallest absolute Gasteiger partial charge is 0.0565 e. The molecule has 0 amide bonds.